The van der Waals surface area contributed by atoms with Gasteiger partial charge in [0.25, 0.3) is 0 Å². The molecule has 0 aliphatic carbocycles. The lowest BCUT2D eigenvalue weighted by atomic mass is 10.1. The molecule has 0 unspecified atom stereocenters. The number of carbonyl (C=O) groups excluding carboxylic acids is 1. The smallest absolute Gasteiger partial charge is 0.234 e. The molecule has 2 aromatic rings. The van der Waals surface area contributed by atoms with E-state index in [1.165, 1.54) is 5.56 Å². The van der Waals surface area contributed by atoms with Gasteiger partial charge in [0.1, 0.15) is 13.0 Å². The third kappa shape index (κ3) is 5.03. The second-order valence-corrected chi connectivity index (χ2v) is 5.37. The number of aryl methyl sites for hydroxylation is 1. The summed E-state index contributed by atoms with van der Waals surface area (Å²) in [4.78, 5) is 11.3. The number of nitriles is 1. The zero-order valence-corrected chi connectivity index (χ0v) is 13.8. The van der Waals surface area contributed by atoms with Crippen molar-refractivity contribution < 1.29 is 14.3 Å². The van der Waals surface area contributed by atoms with Gasteiger partial charge >= 0.3 is 0 Å². The fraction of sp³-hybridized carbons (Fsp3) is 0.263. The van der Waals surface area contributed by atoms with E-state index in [9.17, 15) is 4.79 Å². The van der Waals surface area contributed by atoms with Gasteiger partial charge in [0.05, 0.1) is 13.2 Å². The van der Waals surface area contributed by atoms with Crippen LogP contribution >= 0.6 is 0 Å². The maximum absolute atomic E-state index is 11.3. The van der Waals surface area contributed by atoms with Gasteiger partial charge in [-0.3, -0.25) is 4.79 Å². The van der Waals surface area contributed by atoms with Crippen molar-refractivity contribution in [1.82, 2.24) is 5.32 Å². The first-order valence-corrected chi connectivity index (χ1v) is 7.61. The Balaban J connectivity index is 2.00. The van der Waals surface area contributed by atoms with Crippen molar-refractivity contribution in [1.29, 1.82) is 5.26 Å². The van der Waals surface area contributed by atoms with Crippen LogP contribution in [0.25, 0.3) is 0 Å². The van der Waals surface area contributed by atoms with Crippen LogP contribution in [-0.4, -0.2) is 13.0 Å². The number of hydrogen-bond donors (Lipinski definition) is 1. The molecule has 1 amide bonds. The fourth-order valence-corrected chi connectivity index (χ4v) is 2.24. The van der Waals surface area contributed by atoms with Crippen molar-refractivity contribution in [2.24, 2.45) is 0 Å². The molecule has 5 nitrogen and oxygen atoms in total. The number of hydrogen-bond acceptors (Lipinski definition) is 4. The minimum atomic E-state index is -0.295. The summed E-state index contributed by atoms with van der Waals surface area (Å²) in [6, 6.07) is 15.4. The summed E-state index contributed by atoms with van der Waals surface area (Å²) in [5, 5.41) is 11.2. The first-order valence-electron chi connectivity index (χ1n) is 7.61. The predicted octanol–water partition coefficient (Wildman–Crippen LogP) is 3.11. The zero-order valence-electron chi connectivity index (χ0n) is 13.8. The van der Waals surface area contributed by atoms with Crippen molar-refractivity contribution in [3.63, 3.8) is 0 Å². The van der Waals surface area contributed by atoms with Crippen molar-refractivity contribution in [3.05, 3.63) is 59.2 Å². The number of carbonyl (C=O) groups is 1. The summed E-state index contributed by atoms with van der Waals surface area (Å²) in [6.07, 6.45) is -0.144. The van der Waals surface area contributed by atoms with Crippen LogP contribution in [0, 0.1) is 18.3 Å². The fourth-order valence-electron chi connectivity index (χ4n) is 2.24. The average molecular weight is 324 g/mol. The molecular weight excluding hydrogens is 304 g/mol. The van der Waals surface area contributed by atoms with Crippen molar-refractivity contribution in [3.8, 4) is 17.6 Å². The highest BCUT2D eigenvalue weighted by atomic mass is 16.5. The van der Waals surface area contributed by atoms with Gasteiger partial charge in [-0.2, -0.15) is 5.26 Å². The third-order valence-electron chi connectivity index (χ3n) is 3.43. The highest BCUT2D eigenvalue weighted by Crippen LogP contribution is 2.29. The molecule has 0 bridgehead atoms. The molecule has 0 aromatic heterocycles. The molecule has 0 spiro atoms. The van der Waals surface area contributed by atoms with Crippen LogP contribution in [0.2, 0.25) is 0 Å². The van der Waals surface area contributed by atoms with E-state index in [1.54, 1.807) is 7.11 Å². The Hall–Kier alpha value is -3.00. The molecule has 0 saturated heterocycles. The van der Waals surface area contributed by atoms with Gasteiger partial charge in [-0.05, 0) is 30.2 Å². The predicted molar refractivity (Wildman–Crippen MR) is 90.6 cm³/mol. The van der Waals surface area contributed by atoms with Crippen molar-refractivity contribution in [2.45, 2.75) is 26.5 Å². The maximum atomic E-state index is 11.3. The summed E-state index contributed by atoms with van der Waals surface area (Å²) in [5.41, 5.74) is 3.15. The van der Waals surface area contributed by atoms with E-state index >= 15 is 0 Å². The second-order valence-electron chi connectivity index (χ2n) is 5.37. The van der Waals surface area contributed by atoms with Gasteiger partial charge in [-0.1, -0.05) is 35.9 Å². The Morgan fingerprint density at radius 3 is 2.71 bits per heavy atom. The van der Waals surface area contributed by atoms with E-state index in [2.05, 4.69) is 11.4 Å². The highest BCUT2D eigenvalue weighted by molar-refractivity contribution is 5.77. The van der Waals surface area contributed by atoms with E-state index in [-0.39, 0.29) is 12.3 Å². The van der Waals surface area contributed by atoms with Crippen LogP contribution in [-0.2, 0) is 17.9 Å². The van der Waals surface area contributed by atoms with Crippen LogP contribution in [0.5, 0.6) is 11.5 Å². The van der Waals surface area contributed by atoms with Crippen LogP contribution in [0.15, 0.2) is 42.5 Å². The summed E-state index contributed by atoms with van der Waals surface area (Å²) in [7, 11) is 1.58. The van der Waals surface area contributed by atoms with Gasteiger partial charge in [-0.15, -0.1) is 0 Å². The van der Waals surface area contributed by atoms with Gasteiger partial charge in [-0.25, -0.2) is 0 Å². The maximum Gasteiger partial charge on any atom is 0.234 e. The topological polar surface area (TPSA) is 71.3 Å². The lowest BCUT2D eigenvalue weighted by molar-refractivity contribution is -0.120. The second kappa shape index (κ2) is 8.59. The largest absolute Gasteiger partial charge is 0.493 e. The normalized spacial score (nSPS) is 9.88. The van der Waals surface area contributed by atoms with Crippen LogP contribution < -0.4 is 14.8 Å². The number of benzene rings is 2. The molecule has 124 valence electrons. The first kappa shape index (κ1) is 17.4. The monoisotopic (exact) mass is 324 g/mol. The molecule has 2 aromatic carbocycles. The number of nitrogens with zero attached hydrogens (tertiary/aromatic N) is 1. The lowest BCUT2D eigenvalue weighted by Crippen LogP contribution is -2.21. The molecule has 0 atom stereocenters. The summed E-state index contributed by atoms with van der Waals surface area (Å²) in [6.45, 7) is 2.84. The van der Waals surface area contributed by atoms with E-state index < -0.39 is 0 Å². The van der Waals surface area contributed by atoms with Crippen molar-refractivity contribution in [2.75, 3.05) is 7.11 Å². The average Bonchev–Trinajstić information content (AvgIpc) is 2.58. The molecular formula is C19H20N2O3. The molecule has 0 fully saturated rings. The minimum absolute atomic E-state index is 0.144. The molecule has 0 radical (unpaired) electrons. The Kier molecular flexibility index (Phi) is 6.21. The quantitative estimate of drug-likeness (QED) is 0.849. The molecule has 5 heteroatoms. The molecule has 0 saturated carbocycles. The van der Waals surface area contributed by atoms with E-state index in [4.69, 9.17) is 14.7 Å². The Labute approximate surface area is 141 Å². The van der Waals surface area contributed by atoms with Gasteiger partial charge in [0.2, 0.25) is 5.91 Å². The molecule has 24 heavy (non-hydrogen) atoms. The molecule has 2 rings (SSSR count). The number of nitrogens with one attached hydrogen (secondary N) is 1. The van der Waals surface area contributed by atoms with Gasteiger partial charge in [0, 0.05) is 6.54 Å². The minimum Gasteiger partial charge on any atom is -0.493 e. The van der Waals surface area contributed by atoms with E-state index in [0.717, 1.165) is 11.1 Å². The lowest BCUT2D eigenvalue weighted by Gasteiger charge is -2.13. The first-order chi connectivity index (χ1) is 11.6. The van der Waals surface area contributed by atoms with Gasteiger partial charge in [0.15, 0.2) is 11.5 Å². The van der Waals surface area contributed by atoms with E-state index in [0.29, 0.717) is 24.7 Å². The summed E-state index contributed by atoms with van der Waals surface area (Å²) >= 11 is 0. The number of methoxy groups -OCH3 is 1. The standard InChI is InChI=1S/C19H20N2O3/c1-14-4-3-5-16(10-14)13-24-17-7-6-15(11-18(17)23-2)12-21-19(22)8-9-20/h3-7,10-11H,8,12-13H2,1-2H3,(H,21,22). The van der Waals surface area contributed by atoms with Crippen LogP contribution in [0.4, 0.5) is 0 Å². The molecule has 1 N–H and O–H groups in total. The Morgan fingerprint density at radius 2 is 2.00 bits per heavy atom. The van der Waals surface area contributed by atoms with Crippen molar-refractivity contribution >= 4 is 5.91 Å². The Morgan fingerprint density at radius 1 is 1.17 bits per heavy atom. The zero-order chi connectivity index (χ0) is 17.4. The van der Waals surface area contributed by atoms with E-state index in [1.807, 2.05) is 49.4 Å². The highest BCUT2D eigenvalue weighted by Gasteiger charge is 2.07. The summed E-state index contributed by atoms with van der Waals surface area (Å²) < 4.78 is 11.2. The molecule has 0 aliphatic rings. The van der Waals surface area contributed by atoms with Crippen LogP contribution in [0.1, 0.15) is 23.1 Å². The Bertz CT molecular complexity index is 751. The summed E-state index contributed by atoms with van der Waals surface area (Å²) in [5.74, 6) is 0.956. The third-order valence-corrected chi connectivity index (χ3v) is 3.43. The van der Waals surface area contributed by atoms with Crippen LogP contribution in [0.3, 0.4) is 0 Å². The molecule has 0 aliphatic heterocycles. The van der Waals surface area contributed by atoms with Gasteiger partial charge < -0.3 is 14.8 Å². The SMILES string of the molecule is COc1cc(CNC(=O)CC#N)ccc1OCc1cccc(C)c1. The number of ether oxygens (including phenoxy) is 2. The molecule has 0 heterocycles. The number of rotatable bonds is 7. The number of amides is 1.